The van der Waals surface area contributed by atoms with E-state index in [4.69, 9.17) is 4.74 Å². The fourth-order valence-electron chi connectivity index (χ4n) is 3.19. The van der Waals surface area contributed by atoms with E-state index in [1.807, 2.05) is 0 Å². The highest BCUT2D eigenvalue weighted by molar-refractivity contribution is 5.14. The molecule has 2 fully saturated rings. The van der Waals surface area contributed by atoms with Gasteiger partial charge in [-0.05, 0) is 33.9 Å². The van der Waals surface area contributed by atoms with Crippen molar-refractivity contribution in [3.05, 3.63) is 0 Å². The first-order valence-electron chi connectivity index (χ1n) is 5.23. The summed E-state index contributed by atoms with van der Waals surface area (Å²) in [5.41, 5.74) is 0.509. The first-order chi connectivity index (χ1) is 5.90. The van der Waals surface area contributed by atoms with Gasteiger partial charge in [0, 0.05) is 5.41 Å². The fraction of sp³-hybridized carbons (Fsp3) is 1.00. The molecule has 2 nitrogen and oxygen atoms in total. The fourth-order valence-corrected chi connectivity index (χ4v) is 3.19. The minimum Gasteiger partial charge on any atom is -0.372 e. The normalized spacial score (nSPS) is 47.5. The number of hydrogen-bond donors (Lipinski definition) is 0. The van der Waals surface area contributed by atoms with Crippen LogP contribution in [0.3, 0.4) is 0 Å². The first-order valence-corrected chi connectivity index (χ1v) is 5.23. The SMILES string of the molecule is CN(C)[C@]1(C)[C@H]2CC[C@H](O2)C1(C)C. The van der Waals surface area contributed by atoms with Gasteiger partial charge in [0.25, 0.3) is 0 Å². The van der Waals surface area contributed by atoms with Crippen molar-refractivity contribution in [1.82, 2.24) is 4.90 Å². The van der Waals surface area contributed by atoms with Gasteiger partial charge < -0.3 is 9.64 Å². The van der Waals surface area contributed by atoms with Crippen LogP contribution >= 0.6 is 0 Å². The van der Waals surface area contributed by atoms with Gasteiger partial charge >= 0.3 is 0 Å². The first kappa shape index (κ1) is 9.47. The van der Waals surface area contributed by atoms with Gasteiger partial charge in [0.05, 0.1) is 17.7 Å². The molecule has 2 heteroatoms. The van der Waals surface area contributed by atoms with Crippen molar-refractivity contribution in [3.8, 4) is 0 Å². The average Bonchev–Trinajstić information content (AvgIpc) is 2.54. The van der Waals surface area contributed by atoms with Crippen LogP contribution in [0.15, 0.2) is 0 Å². The molecule has 2 bridgehead atoms. The van der Waals surface area contributed by atoms with Crippen molar-refractivity contribution in [2.75, 3.05) is 14.1 Å². The predicted molar refractivity (Wildman–Crippen MR) is 53.8 cm³/mol. The van der Waals surface area contributed by atoms with Crippen molar-refractivity contribution in [1.29, 1.82) is 0 Å². The van der Waals surface area contributed by atoms with Crippen LogP contribution in [0.5, 0.6) is 0 Å². The van der Waals surface area contributed by atoms with Crippen LogP contribution in [-0.4, -0.2) is 36.7 Å². The van der Waals surface area contributed by atoms with E-state index < -0.39 is 0 Å². The molecule has 0 saturated carbocycles. The maximum atomic E-state index is 6.02. The van der Waals surface area contributed by atoms with Crippen molar-refractivity contribution in [3.63, 3.8) is 0 Å². The molecule has 0 aromatic carbocycles. The Hall–Kier alpha value is -0.0800. The molecule has 2 rings (SSSR count). The zero-order valence-electron chi connectivity index (χ0n) is 9.42. The smallest absolute Gasteiger partial charge is 0.0767 e. The molecule has 0 aromatic heterocycles. The second kappa shape index (κ2) is 2.48. The van der Waals surface area contributed by atoms with Gasteiger partial charge in [-0.2, -0.15) is 0 Å². The highest BCUT2D eigenvalue weighted by Gasteiger charge is 2.62. The summed E-state index contributed by atoms with van der Waals surface area (Å²) in [7, 11) is 4.34. The van der Waals surface area contributed by atoms with Crippen molar-refractivity contribution < 1.29 is 4.74 Å². The third-order valence-corrected chi connectivity index (χ3v) is 4.68. The van der Waals surface area contributed by atoms with Gasteiger partial charge in [-0.1, -0.05) is 13.8 Å². The molecular formula is C11H21NO. The Labute approximate surface area is 81.3 Å². The largest absolute Gasteiger partial charge is 0.372 e. The van der Waals surface area contributed by atoms with E-state index in [1.54, 1.807) is 0 Å². The average molecular weight is 183 g/mol. The number of hydrogen-bond acceptors (Lipinski definition) is 2. The van der Waals surface area contributed by atoms with Crippen molar-refractivity contribution in [2.24, 2.45) is 5.41 Å². The third kappa shape index (κ3) is 0.909. The summed E-state index contributed by atoms with van der Waals surface area (Å²) in [6.07, 6.45) is 3.41. The molecule has 0 aliphatic carbocycles. The molecule has 13 heavy (non-hydrogen) atoms. The van der Waals surface area contributed by atoms with Crippen LogP contribution in [0.1, 0.15) is 33.6 Å². The molecule has 2 heterocycles. The summed E-state index contributed by atoms with van der Waals surface area (Å²) in [5.74, 6) is 0. The van der Waals surface area contributed by atoms with Crippen LogP contribution in [0, 0.1) is 5.41 Å². The van der Waals surface area contributed by atoms with Crippen molar-refractivity contribution >= 4 is 0 Å². The maximum Gasteiger partial charge on any atom is 0.0767 e. The number of rotatable bonds is 1. The molecular weight excluding hydrogens is 162 g/mol. The second-order valence-electron chi connectivity index (χ2n) is 5.45. The monoisotopic (exact) mass is 183 g/mol. The summed E-state index contributed by atoms with van der Waals surface area (Å²) in [4.78, 5) is 2.34. The maximum absolute atomic E-state index is 6.02. The van der Waals surface area contributed by atoms with Crippen LogP contribution in [-0.2, 0) is 4.74 Å². The summed E-state index contributed by atoms with van der Waals surface area (Å²) >= 11 is 0. The Bertz CT molecular complexity index is 224. The van der Waals surface area contributed by atoms with E-state index >= 15 is 0 Å². The molecule has 2 aliphatic rings. The lowest BCUT2D eigenvalue weighted by Gasteiger charge is -2.49. The van der Waals surface area contributed by atoms with Crippen LogP contribution in [0.4, 0.5) is 0 Å². The molecule has 3 atom stereocenters. The standard InChI is InChI=1S/C11H21NO/c1-10(2)8-6-7-9(13-8)11(10,3)12(4)5/h8-9H,6-7H2,1-5H3/t8-,9+,11+/m0/s1. The van der Waals surface area contributed by atoms with E-state index in [0.29, 0.717) is 17.6 Å². The van der Waals surface area contributed by atoms with E-state index in [0.717, 1.165) is 0 Å². The zero-order valence-corrected chi connectivity index (χ0v) is 9.42. The van der Waals surface area contributed by atoms with Gasteiger partial charge in [0.1, 0.15) is 0 Å². The number of fused-ring (bicyclic) bond motifs is 2. The molecule has 76 valence electrons. The third-order valence-electron chi connectivity index (χ3n) is 4.68. The number of ether oxygens (including phenoxy) is 1. The molecule has 0 unspecified atom stereocenters. The van der Waals surface area contributed by atoms with Gasteiger partial charge in [-0.25, -0.2) is 0 Å². The molecule has 2 saturated heterocycles. The Morgan fingerprint density at radius 1 is 1.08 bits per heavy atom. The van der Waals surface area contributed by atoms with E-state index in [9.17, 15) is 0 Å². The minimum atomic E-state index is 0.218. The van der Waals surface area contributed by atoms with Crippen LogP contribution < -0.4 is 0 Å². The van der Waals surface area contributed by atoms with E-state index in [1.165, 1.54) is 12.8 Å². The number of likely N-dealkylation sites (N-methyl/N-ethyl adjacent to an activating group) is 1. The second-order valence-corrected chi connectivity index (χ2v) is 5.45. The molecule has 0 radical (unpaired) electrons. The molecule has 0 aromatic rings. The lowest BCUT2D eigenvalue weighted by Crippen LogP contribution is -2.59. The molecule has 2 aliphatic heterocycles. The van der Waals surface area contributed by atoms with Gasteiger partial charge in [-0.3, -0.25) is 0 Å². The summed E-state index contributed by atoms with van der Waals surface area (Å²) < 4.78 is 6.02. The summed E-state index contributed by atoms with van der Waals surface area (Å²) in [5, 5.41) is 0. The Morgan fingerprint density at radius 2 is 1.62 bits per heavy atom. The zero-order chi connectivity index (χ0) is 9.85. The summed E-state index contributed by atoms with van der Waals surface area (Å²) in [6.45, 7) is 7.03. The van der Waals surface area contributed by atoms with E-state index in [-0.39, 0.29) is 5.54 Å². The molecule has 0 N–H and O–H groups in total. The molecule has 0 spiro atoms. The Kier molecular flexibility index (Phi) is 1.81. The lowest BCUT2D eigenvalue weighted by molar-refractivity contribution is 0.0171. The Balaban J connectivity index is 2.38. The molecule has 0 amide bonds. The Morgan fingerprint density at radius 3 is 1.92 bits per heavy atom. The van der Waals surface area contributed by atoms with E-state index in [2.05, 4.69) is 39.8 Å². The quantitative estimate of drug-likeness (QED) is 0.615. The van der Waals surface area contributed by atoms with Gasteiger partial charge in [0.2, 0.25) is 0 Å². The number of nitrogens with zero attached hydrogens (tertiary/aromatic N) is 1. The van der Waals surface area contributed by atoms with Crippen LogP contribution in [0.2, 0.25) is 0 Å². The highest BCUT2D eigenvalue weighted by atomic mass is 16.5. The predicted octanol–water partition coefficient (Wildman–Crippen LogP) is 1.89. The summed E-state index contributed by atoms with van der Waals surface area (Å²) in [6, 6.07) is 0. The van der Waals surface area contributed by atoms with Gasteiger partial charge in [0.15, 0.2) is 0 Å². The minimum absolute atomic E-state index is 0.218. The lowest BCUT2D eigenvalue weighted by atomic mass is 9.63. The highest BCUT2D eigenvalue weighted by Crippen LogP contribution is 2.55. The van der Waals surface area contributed by atoms with Gasteiger partial charge in [-0.15, -0.1) is 0 Å². The van der Waals surface area contributed by atoms with Crippen LogP contribution in [0.25, 0.3) is 0 Å². The van der Waals surface area contributed by atoms with Crippen molar-refractivity contribution in [2.45, 2.75) is 51.4 Å². The topological polar surface area (TPSA) is 12.5 Å².